The fourth-order valence-electron chi connectivity index (χ4n) is 1.81. The van der Waals surface area contributed by atoms with Gasteiger partial charge >= 0.3 is 5.97 Å². The van der Waals surface area contributed by atoms with Crippen molar-refractivity contribution >= 4 is 11.9 Å². The van der Waals surface area contributed by atoms with Crippen molar-refractivity contribution in [3.05, 3.63) is 11.4 Å². The first-order chi connectivity index (χ1) is 8.82. The Labute approximate surface area is 112 Å². The third-order valence-corrected chi connectivity index (χ3v) is 2.52. The molecule has 0 saturated heterocycles. The number of carbonyl (C=O) groups is 2. The van der Waals surface area contributed by atoms with Crippen LogP contribution < -0.4 is 5.32 Å². The molecule has 1 aromatic heterocycles. The minimum absolute atomic E-state index is 0.0192. The maximum Gasteiger partial charge on any atom is 0.358 e. The number of rotatable bonds is 6. The van der Waals surface area contributed by atoms with Gasteiger partial charge in [0.2, 0.25) is 5.91 Å². The Morgan fingerprint density at radius 3 is 2.42 bits per heavy atom. The first-order valence-corrected chi connectivity index (χ1v) is 6.29. The molecule has 0 aromatic carbocycles. The molecule has 0 unspecified atom stereocenters. The predicted molar refractivity (Wildman–Crippen MR) is 69.0 cm³/mol. The van der Waals surface area contributed by atoms with E-state index < -0.39 is 5.97 Å². The standard InChI is InChI=1S/C12H20N4O3/c1-7(2)11-10(12(18)19)14-15-16(11)6-5-9(17)13-8(3)4/h7-8H,5-6H2,1-4H3,(H,13,17)(H,18,19). The number of carboxylic acid groups (broad SMARTS) is 1. The lowest BCUT2D eigenvalue weighted by Crippen LogP contribution is -2.31. The van der Waals surface area contributed by atoms with E-state index in [0.717, 1.165) is 0 Å². The molecular weight excluding hydrogens is 248 g/mol. The van der Waals surface area contributed by atoms with Gasteiger partial charge in [0.25, 0.3) is 0 Å². The van der Waals surface area contributed by atoms with Crippen LogP contribution in [-0.4, -0.2) is 38.0 Å². The lowest BCUT2D eigenvalue weighted by Gasteiger charge is -2.11. The van der Waals surface area contributed by atoms with E-state index in [4.69, 9.17) is 5.11 Å². The van der Waals surface area contributed by atoms with Crippen molar-refractivity contribution in [1.82, 2.24) is 20.3 Å². The van der Waals surface area contributed by atoms with Gasteiger partial charge in [0.1, 0.15) is 0 Å². The molecule has 1 amide bonds. The molecule has 2 N–H and O–H groups in total. The average Bonchev–Trinajstić information content (AvgIpc) is 2.69. The number of nitrogens with zero attached hydrogens (tertiary/aromatic N) is 3. The van der Waals surface area contributed by atoms with Gasteiger partial charge in [0.05, 0.1) is 12.2 Å². The summed E-state index contributed by atoms with van der Waals surface area (Å²) in [5.41, 5.74) is 0.504. The summed E-state index contributed by atoms with van der Waals surface area (Å²) in [5.74, 6) is -1.20. The van der Waals surface area contributed by atoms with Gasteiger partial charge in [-0.05, 0) is 19.8 Å². The molecule has 0 fully saturated rings. The van der Waals surface area contributed by atoms with Crippen LogP contribution in [0.25, 0.3) is 0 Å². The summed E-state index contributed by atoms with van der Waals surface area (Å²) in [5, 5.41) is 19.3. The number of hydrogen-bond donors (Lipinski definition) is 2. The highest BCUT2D eigenvalue weighted by atomic mass is 16.4. The van der Waals surface area contributed by atoms with E-state index in [1.54, 1.807) is 0 Å². The highest BCUT2D eigenvalue weighted by Crippen LogP contribution is 2.17. The summed E-state index contributed by atoms with van der Waals surface area (Å²) in [7, 11) is 0. The zero-order valence-corrected chi connectivity index (χ0v) is 11.7. The molecule has 7 nitrogen and oxygen atoms in total. The van der Waals surface area contributed by atoms with Gasteiger partial charge < -0.3 is 10.4 Å². The van der Waals surface area contributed by atoms with E-state index >= 15 is 0 Å². The molecular formula is C12H20N4O3. The second-order valence-electron chi connectivity index (χ2n) is 4.98. The molecule has 0 aliphatic carbocycles. The van der Waals surface area contributed by atoms with Crippen LogP contribution in [0.4, 0.5) is 0 Å². The first-order valence-electron chi connectivity index (χ1n) is 6.29. The molecule has 0 radical (unpaired) electrons. The number of hydrogen-bond acceptors (Lipinski definition) is 4. The van der Waals surface area contributed by atoms with Crippen LogP contribution in [0.2, 0.25) is 0 Å². The third kappa shape index (κ3) is 4.04. The molecule has 0 spiro atoms. The summed E-state index contributed by atoms with van der Waals surface area (Å²) in [4.78, 5) is 22.6. The minimum atomic E-state index is -1.10. The number of aryl methyl sites for hydroxylation is 1. The summed E-state index contributed by atoms with van der Waals surface area (Å²) in [6, 6.07) is 0.0856. The maximum absolute atomic E-state index is 11.6. The second kappa shape index (κ2) is 6.31. The van der Waals surface area contributed by atoms with Gasteiger partial charge in [-0.2, -0.15) is 0 Å². The summed E-state index contributed by atoms with van der Waals surface area (Å²) in [6.45, 7) is 7.84. The van der Waals surface area contributed by atoms with Crippen molar-refractivity contribution in [3.8, 4) is 0 Å². The van der Waals surface area contributed by atoms with Crippen LogP contribution in [0.1, 0.15) is 56.2 Å². The molecule has 1 heterocycles. The van der Waals surface area contributed by atoms with Crippen molar-refractivity contribution in [3.63, 3.8) is 0 Å². The van der Waals surface area contributed by atoms with Crippen LogP contribution >= 0.6 is 0 Å². The van der Waals surface area contributed by atoms with Crippen LogP contribution in [0.5, 0.6) is 0 Å². The highest BCUT2D eigenvalue weighted by molar-refractivity contribution is 5.86. The third-order valence-electron chi connectivity index (χ3n) is 2.52. The van der Waals surface area contributed by atoms with E-state index in [9.17, 15) is 9.59 Å². The number of carboxylic acids is 1. The zero-order valence-electron chi connectivity index (χ0n) is 11.7. The van der Waals surface area contributed by atoms with E-state index in [2.05, 4.69) is 15.6 Å². The molecule has 7 heteroatoms. The quantitative estimate of drug-likeness (QED) is 0.802. The largest absolute Gasteiger partial charge is 0.476 e. The van der Waals surface area contributed by atoms with Gasteiger partial charge in [-0.25, -0.2) is 9.48 Å². The van der Waals surface area contributed by atoms with Gasteiger partial charge in [0.15, 0.2) is 5.69 Å². The Bertz CT molecular complexity index is 466. The number of amides is 1. The van der Waals surface area contributed by atoms with Crippen LogP contribution in [0.15, 0.2) is 0 Å². The Kier molecular flexibility index (Phi) is 5.02. The van der Waals surface area contributed by atoms with Crippen molar-refractivity contribution in [2.24, 2.45) is 0 Å². The van der Waals surface area contributed by atoms with Crippen molar-refractivity contribution < 1.29 is 14.7 Å². The normalized spacial score (nSPS) is 11.1. The molecule has 0 bridgehead atoms. The zero-order chi connectivity index (χ0) is 14.6. The summed E-state index contributed by atoms with van der Waals surface area (Å²) < 4.78 is 1.49. The monoisotopic (exact) mass is 268 g/mol. The van der Waals surface area contributed by atoms with E-state index in [0.29, 0.717) is 12.2 Å². The van der Waals surface area contributed by atoms with E-state index in [1.165, 1.54) is 4.68 Å². The smallest absolute Gasteiger partial charge is 0.358 e. The molecule has 1 aromatic rings. The van der Waals surface area contributed by atoms with Gasteiger partial charge in [-0.3, -0.25) is 4.79 Å². The van der Waals surface area contributed by atoms with E-state index in [-0.39, 0.29) is 30.0 Å². The van der Waals surface area contributed by atoms with Crippen LogP contribution in [0, 0.1) is 0 Å². The Balaban J connectivity index is 2.79. The van der Waals surface area contributed by atoms with Crippen LogP contribution in [0.3, 0.4) is 0 Å². The molecule has 19 heavy (non-hydrogen) atoms. The van der Waals surface area contributed by atoms with Crippen molar-refractivity contribution in [2.45, 2.75) is 52.6 Å². The average molecular weight is 268 g/mol. The second-order valence-corrected chi connectivity index (χ2v) is 4.98. The Morgan fingerprint density at radius 1 is 1.32 bits per heavy atom. The molecule has 1 rings (SSSR count). The number of carbonyl (C=O) groups excluding carboxylic acids is 1. The topological polar surface area (TPSA) is 97.1 Å². The first kappa shape index (κ1) is 15.1. The highest BCUT2D eigenvalue weighted by Gasteiger charge is 2.21. The molecule has 106 valence electrons. The lowest BCUT2D eigenvalue weighted by molar-refractivity contribution is -0.121. The van der Waals surface area contributed by atoms with Gasteiger partial charge in [-0.15, -0.1) is 5.10 Å². The molecule has 0 saturated carbocycles. The van der Waals surface area contributed by atoms with Crippen LogP contribution in [-0.2, 0) is 11.3 Å². The fraction of sp³-hybridized carbons (Fsp3) is 0.667. The minimum Gasteiger partial charge on any atom is -0.476 e. The number of aromatic nitrogens is 3. The van der Waals surface area contributed by atoms with Crippen molar-refractivity contribution in [2.75, 3.05) is 0 Å². The Morgan fingerprint density at radius 2 is 1.95 bits per heavy atom. The number of nitrogens with one attached hydrogen (secondary N) is 1. The SMILES string of the molecule is CC(C)NC(=O)CCn1nnc(C(=O)O)c1C(C)C. The lowest BCUT2D eigenvalue weighted by atomic mass is 10.1. The van der Waals surface area contributed by atoms with Gasteiger partial charge in [0, 0.05) is 12.5 Å². The molecule has 0 aliphatic rings. The maximum atomic E-state index is 11.6. The number of aromatic carboxylic acids is 1. The molecule has 0 aliphatic heterocycles. The summed E-state index contributed by atoms with van der Waals surface area (Å²) >= 11 is 0. The van der Waals surface area contributed by atoms with Crippen molar-refractivity contribution in [1.29, 1.82) is 0 Å². The predicted octanol–water partition coefficient (Wildman–Crippen LogP) is 1.01. The Hall–Kier alpha value is -1.92. The molecule has 0 atom stereocenters. The van der Waals surface area contributed by atoms with Gasteiger partial charge in [-0.1, -0.05) is 19.1 Å². The summed E-state index contributed by atoms with van der Waals surface area (Å²) in [6.07, 6.45) is 0.250. The van der Waals surface area contributed by atoms with E-state index in [1.807, 2.05) is 27.7 Å². The fourth-order valence-corrected chi connectivity index (χ4v) is 1.81.